The first kappa shape index (κ1) is 17.1. The Labute approximate surface area is 110 Å². The molecule has 0 aromatic heterocycles. The van der Waals surface area contributed by atoms with Crippen LogP contribution >= 0.6 is 0 Å². The molecule has 0 saturated carbocycles. The molecule has 0 aliphatic carbocycles. The van der Waals surface area contributed by atoms with Gasteiger partial charge in [-0.15, -0.1) is 0 Å². The number of hydrogen-bond donors (Lipinski definition) is 1. The summed E-state index contributed by atoms with van der Waals surface area (Å²) in [7, 11) is 0. The molecule has 0 spiro atoms. The Kier molecular flexibility index (Phi) is 7.14. The van der Waals surface area contributed by atoms with Crippen molar-refractivity contribution in [3.05, 3.63) is 0 Å². The maximum atomic E-state index is 11.4. The number of aliphatic imine (C=N–C) groups is 1. The van der Waals surface area contributed by atoms with Crippen LogP contribution in [0.2, 0.25) is 0 Å². The van der Waals surface area contributed by atoms with E-state index in [1.54, 1.807) is 6.21 Å². The summed E-state index contributed by atoms with van der Waals surface area (Å²) in [5.41, 5.74) is -0.564. The van der Waals surface area contributed by atoms with Crippen molar-refractivity contribution in [2.24, 2.45) is 10.4 Å². The number of carbonyl (C=O) groups excluding carboxylic acids is 1. The van der Waals surface area contributed by atoms with Gasteiger partial charge in [0.25, 0.3) is 0 Å². The second-order valence-corrected chi connectivity index (χ2v) is 5.68. The van der Waals surface area contributed by atoms with E-state index in [4.69, 9.17) is 4.74 Å². The number of aliphatic hydroxyl groups is 1. The molecule has 0 fully saturated rings. The minimum Gasteiger partial charge on any atom is -0.459 e. The topological polar surface area (TPSA) is 58.9 Å². The SMILES string of the molecule is CCC(CC)(CO)C/C=N/CC(=O)OC(C)(C)C. The number of ether oxygens (including phenoxy) is 1. The van der Waals surface area contributed by atoms with E-state index in [2.05, 4.69) is 18.8 Å². The van der Waals surface area contributed by atoms with E-state index in [9.17, 15) is 9.90 Å². The predicted octanol–water partition coefficient (Wildman–Crippen LogP) is 2.59. The molecule has 0 unspecified atom stereocenters. The zero-order valence-electron chi connectivity index (χ0n) is 12.3. The van der Waals surface area contributed by atoms with Gasteiger partial charge in [-0.3, -0.25) is 9.79 Å². The Morgan fingerprint density at radius 1 is 1.28 bits per heavy atom. The van der Waals surface area contributed by atoms with Crippen molar-refractivity contribution in [1.82, 2.24) is 0 Å². The molecule has 0 saturated heterocycles. The second kappa shape index (κ2) is 7.52. The van der Waals surface area contributed by atoms with E-state index in [0.29, 0.717) is 6.42 Å². The fourth-order valence-corrected chi connectivity index (χ4v) is 1.60. The quantitative estimate of drug-likeness (QED) is 0.563. The molecule has 0 heterocycles. The van der Waals surface area contributed by atoms with Crippen LogP contribution in [0.25, 0.3) is 0 Å². The number of aliphatic hydroxyl groups excluding tert-OH is 1. The highest BCUT2D eigenvalue weighted by Crippen LogP contribution is 2.28. The Morgan fingerprint density at radius 2 is 1.83 bits per heavy atom. The van der Waals surface area contributed by atoms with Crippen LogP contribution in [-0.4, -0.2) is 36.0 Å². The number of carbonyl (C=O) groups is 1. The van der Waals surface area contributed by atoms with Crippen molar-refractivity contribution < 1.29 is 14.6 Å². The van der Waals surface area contributed by atoms with Crippen LogP contribution in [0.3, 0.4) is 0 Å². The summed E-state index contributed by atoms with van der Waals surface area (Å²) < 4.78 is 5.15. The van der Waals surface area contributed by atoms with Crippen LogP contribution in [0.5, 0.6) is 0 Å². The maximum absolute atomic E-state index is 11.4. The summed E-state index contributed by atoms with van der Waals surface area (Å²) >= 11 is 0. The van der Waals surface area contributed by atoms with Crippen molar-refractivity contribution >= 4 is 12.2 Å². The highest BCUT2D eigenvalue weighted by Gasteiger charge is 2.23. The molecule has 4 nitrogen and oxygen atoms in total. The Morgan fingerprint density at radius 3 is 2.22 bits per heavy atom. The lowest BCUT2D eigenvalue weighted by molar-refractivity contribution is -0.152. The van der Waals surface area contributed by atoms with Gasteiger partial charge in [-0.2, -0.15) is 0 Å². The van der Waals surface area contributed by atoms with Crippen LogP contribution in [-0.2, 0) is 9.53 Å². The first-order valence-corrected chi connectivity index (χ1v) is 6.59. The van der Waals surface area contributed by atoms with Gasteiger partial charge in [0.1, 0.15) is 12.1 Å². The lowest BCUT2D eigenvalue weighted by Gasteiger charge is -2.27. The molecule has 0 aliphatic rings. The number of nitrogens with zero attached hydrogens (tertiary/aromatic N) is 1. The van der Waals surface area contributed by atoms with Gasteiger partial charge < -0.3 is 9.84 Å². The zero-order chi connectivity index (χ0) is 14.2. The molecule has 0 radical (unpaired) electrons. The van der Waals surface area contributed by atoms with Crippen LogP contribution in [0.4, 0.5) is 0 Å². The van der Waals surface area contributed by atoms with Crippen LogP contribution in [0.15, 0.2) is 4.99 Å². The molecule has 0 atom stereocenters. The average molecular weight is 257 g/mol. The Hall–Kier alpha value is -0.900. The summed E-state index contributed by atoms with van der Waals surface area (Å²) in [6, 6.07) is 0. The fourth-order valence-electron chi connectivity index (χ4n) is 1.60. The van der Waals surface area contributed by atoms with Gasteiger partial charge in [0.05, 0.1) is 0 Å². The summed E-state index contributed by atoms with van der Waals surface area (Å²) in [5, 5.41) is 9.38. The second-order valence-electron chi connectivity index (χ2n) is 5.68. The van der Waals surface area contributed by atoms with Gasteiger partial charge in [-0.05, 0) is 45.4 Å². The fraction of sp³-hybridized carbons (Fsp3) is 0.857. The molecule has 0 amide bonds. The predicted molar refractivity (Wildman–Crippen MR) is 73.9 cm³/mol. The first-order chi connectivity index (χ1) is 8.28. The van der Waals surface area contributed by atoms with Crippen LogP contribution < -0.4 is 0 Å². The minimum absolute atomic E-state index is 0.0478. The van der Waals surface area contributed by atoms with E-state index >= 15 is 0 Å². The van der Waals surface area contributed by atoms with E-state index in [0.717, 1.165) is 12.8 Å². The maximum Gasteiger partial charge on any atom is 0.328 e. The number of esters is 1. The molecule has 4 heteroatoms. The molecule has 0 rings (SSSR count). The van der Waals surface area contributed by atoms with Gasteiger partial charge in [0.2, 0.25) is 0 Å². The summed E-state index contributed by atoms with van der Waals surface area (Å²) in [4.78, 5) is 15.5. The highest BCUT2D eigenvalue weighted by atomic mass is 16.6. The van der Waals surface area contributed by atoms with Crippen molar-refractivity contribution in [3.63, 3.8) is 0 Å². The summed E-state index contributed by atoms with van der Waals surface area (Å²) in [6.07, 6.45) is 4.23. The Balaban J connectivity index is 4.15. The van der Waals surface area contributed by atoms with E-state index in [1.165, 1.54) is 0 Å². The number of rotatable bonds is 7. The molecular weight excluding hydrogens is 230 g/mol. The normalized spacial score (nSPS) is 13.0. The van der Waals surface area contributed by atoms with E-state index < -0.39 is 5.60 Å². The van der Waals surface area contributed by atoms with Gasteiger partial charge in [-0.25, -0.2) is 0 Å². The third-order valence-electron chi connectivity index (χ3n) is 3.13. The summed E-state index contributed by atoms with van der Waals surface area (Å²) in [6.45, 7) is 9.81. The third-order valence-corrected chi connectivity index (χ3v) is 3.13. The molecule has 0 bridgehead atoms. The van der Waals surface area contributed by atoms with Crippen LogP contribution in [0, 0.1) is 5.41 Å². The number of hydrogen-bond acceptors (Lipinski definition) is 4. The molecule has 0 aliphatic heterocycles. The molecule has 1 N–H and O–H groups in total. The van der Waals surface area contributed by atoms with Crippen molar-refractivity contribution in [1.29, 1.82) is 0 Å². The summed E-state index contributed by atoms with van der Waals surface area (Å²) in [5.74, 6) is -0.318. The molecule has 0 aromatic rings. The zero-order valence-corrected chi connectivity index (χ0v) is 12.3. The largest absolute Gasteiger partial charge is 0.459 e. The lowest BCUT2D eigenvalue weighted by Crippen LogP contribution is -2.26. The third kappa shape index (κ3) is 6.74. The van der Waals surface area contributed by atoms with Gasteiger partial charge in [-0.1, -0.05) is 13.8 Å². The first-order valence-electron chi connectivity index (χ1n) is 6.59. The van der Waals surface area contributed by atoms with Gasteiger partial charge in [0.15, 0.2) is 0 Å². The molecule has 0 aromatic carbocycles. The smallest absolute Gasteiger partial charge is 0.328 e. The van der Waals surface area contributed by atoms with Gasteiger partial charge >= 0.3 is 5.97 Å². The van der Waals surface area contributed by atoms with E-state index in [-0.39, 0.29) is 24.5 Å². The van der Waals surface area contributed by atoms with E-state index in [1.807, 2.05) is 20.8 Å². The molecular formula is C14H27NO3. The highest BCUT2D eigenvalue weighted by molar-refractivity contribution is 5.74. The average Bonchev–Trinajstić information content (AvgIpc) is 2.28. The van der Waals surface area contributed by atoms with Crippen LogP contribution in [0.1, 0.15) is 53.9 Å². The lowest BCUT2D eigenvalue weighted by atomic mass is 9.80. The Bertz CT molecular complexity index is 267. The monoisotopic (exact) mass is 257 g/mol. The minimum atomic E-state index is -0.464. The standard InChI is InChI=1S/C14H27NO3/c1-6-14(7-2,11-16)8-9-15-10-12(17)18-13(3,4)5/h9,16H,6-8,10-11H2,1-5H3/b15-9+. The van der Waals surface area contributed by atoms with Crippen molar-refractivity contribution in [3.8, 4) is 0 Å². The van der Waals surface area contributed by atoms with Crippen molar-refractivity contribution in [2.45, 2.75) is 59.5 Å². The molecule has 106 valence electrons. The van der Waals surface area contributed by atoms with Crippen molar-refractivity contribution in [2.75, 3.05) is 13.2 Å². The molecule has 18 heavy (non-hydrogen) atoms. The van der Waals surface area contributed by atoms with Gasteiger partial charge in [0, 0.05) is 12.8 Å².